The van der Waals surface area contributed by atoms with Crippen LogP contribution in [0.1, 0.15) is 0 Å². The quantitative estimate of drug-likeness (QED) is 0.683. The van der Waals surface area contributed by atoms with Crippen molar-refractivity contribution >= 4 is 11.6 Å². The van der Waals surface area contributed by atoms with E-state index in [2.05, 4.69) is 27.2 Å². The summed E-state index contributed by atoms with van der Waals surface area (Å²) in [5.74, 6) is 1.23. The Labute approximate surface area is 95.8 Å². The molecule has 0 atom stereocenters. The predicted molar refractivity (Wildman–Crippen MR) is 64.3 cm³/mol. The number of anilines is 2. The van der Waals surface area contributed by atoms with Crippen molar-refractivity contribution in [3.63, 3.8) is 0 Å². The Morgan fingerprint density at radius 2 is 2.25 bits per heavy atom. The molecule has 1 rings (SSSR count). The summed E-state index contributed by atoms with van der Waals surface area (Å²) in [6.07, 6.45) is 1.45. The fraction of sp³-hybridized carbons (Fsp3) is 0.600. The molecule has 0 saturated heterocycles. The van der Waals surface area contributed by atoms with E-state index in [1.807, 2.05) is 0 Å². The molecule has 0 spiro atoms. The molecule has 0 bridgehead atoms. The maximum absolute atomic E-state index is 5.54. The fourth-order valence-corrected chi connectivity index (χ4v) is 1.20. The maximum atomic E-state index is 5.54. The molecule has 6 heteroatoms. The van der Waals surface area contributed by atoms with Gasteiger partial charge in [0.2, 0.25) is 0 Å². The highest BCUT2D eigenvalue weighted by molar-refractivity contribution is 5.43. The van der Waals surface area contributed by atoms with Gasteiger partial charge in [-0.3, -0.25) is 0 Å². The van der Waals surface area contributed by atoms with E-state index >= 15 is 0 Å². The van der Waals surface area contributed by atoms with E-state index in [0.717, 1.165) is 32.1 Å². The lowest BCUT2D eigenvalue weighted by Crippen LogP contribution is -2.28. The van der Waals surface area contributed by atoms with Crippen LogP contribution in [0.15, 0.2) is 12.4 Å². The molecule has 1 aromatic rings. The molecule has 0 aromatic carbocycles. The second-order valence-corrected chi connectivity index (χ2v) is 3.55. The van der Waals surface area contributed by atoms with Gasteiger partial charge in [0.15, 0.2) is 0 Å². The molecular formula is C10H19N5O. The Kier molecular flexibility index (Phi) is 5.52. The summed E-state index contributed by atoms with van der Waals surface area (Å²) in [6, 6.07) is 1.72. The summed E-state index contributed by atoms with van der Waals surface area (Å²) in [4.78, 5) is 10.1. The van der Waals surface area contributed by atoms with E-state index in [-0.39, 0.29) is 0 Å². The van der Waals surface area contributed by atoms with E-state index < -0.39 is 0 Å². The average Bonchev–Trinajstić information content (AvgIpc) is 2.26. The smallest absolute Gasteiger partial charge is 0.131 e. The highest BCUT2D eigenvalue weighted by Crippen LogP contribution is 2.03. The van der Waals surface area contributed by atoms with Crippen molar-refractivity contribution in [2.45, 2.75) is 0 Å². The van der Waals surface area contributed by atoms with Gasteiger partial charge in [0, 0.05) is 32.8 Å². The topological polar surface area (TPSA) is 76.3 Å². The van der Waals surface area contributed by atoms with Gasteiger partial charge in [0.05, 0.1) is 6.61 Å². The highest BCUT2D eigenvalue weighted by atomic mass is 16.5. The normalized spacial score (nSPS) is 10.7. The van der Waals surface area contributed by atoms with Gasteiger partial charge >= 0.3 is 0 Å². The van der Waals surface area contributed by atoms with Crippen molar-refractivity contribution in [3.8, 4) is 0 Å². The number of likely N-dealkylation sites (N-methyl/N-ethyl adjacent to an activating group) is 1. The van der Waals surface area contributed by atoms with E-state index in [9.17, 15) is 0 Å². The van der Waals surface area contributed by atoms with Crippen molar-refractivity contribution in [2.24, 2.45) is 0 Å². The van der Waals surface area contributed by atoms with Gasteiger partial charge < -0.3 is 20.7 Å². The summed E-state index contributed by atoms with van der Waals surface area (Å²) in [5.41, 5.74) is 5.54. The van der Waals surface area contributed by atoms with Gasteiger partial charge in [-0.1, -0.05) is 0 Å². The Hall–Kier alpha value is -1.40. The van der Waals surface area contributed by atoms with Gasteiger partial charge in [-0.15, -0.1) is 0 Å². The minimum absolute atomic E-state index is 0.477. The molecule has 0 unspecified atom stereocenters. The van der Waals surface area contributed by atoms with Crippen molar-refractivity contribution in [1.82, 2.24) is 14.9 Å². The number of nitrogens with one attached hydrogen (secondary N) is 1. The summed E-state index contributed by atoms with van der Waals surface area (Å²) in [7, 11) is 3.75. The molecule has 0 saturated carbocycles. The third-order valence-corrected chi connectivity index (χ3v) is 2.17. The second-order valence-electron chi connectivity index (χ2n) is 3.55. The van der Waals surface area contributed by atoms with Crippen LogP contribution >= 0.6 is 0 Å². The van der Waals surface area contributed by atoms with Crippen LogP contribution in [0.3, 0.4) is 0 Å². The van der Waals surface area contributed by atoms with Crippen LogP contribution in [-0.4, -0.2) is 55.3 Å². The number of hydrogen-bond acceptors (Lipinski definition) is 6. The number of nitrogen functional groups attached to an aromatic ring is 1. The molecule has 0 fully saturated rings. The van der Waals surface area contributed by atoms with Crippen LogP contribution in [0.2, 0.25) is 0 Å². The average molecular weight is 225 g/mol. The molecule has 0 aliphatic carbocycles. The minimum atomic E-state index is 0.477. The zero-order chi connectivity index (χ0) is 11.8. The highest BCUT2D eigenvalue weighted by Gasteiger charge is 1.98. The van der Waals surface area contributed by atoms with Crippen molar-refractivity contribution in [3.05, 3.63) is 12.4 Å². The summed E-state index contributed by atoms with van der Waals surface area (Å²) < 4.78 is 4.99. The first-order valence-electron chi connectivity index (χ1n) is 5.21. The number of nitrogens with zero attached hydrogens (tertiary/aromatic N) is 3. The fourth-order valence-electron chi connectivity index (χ4n) is 1.20. The van der Waals surface area contributed by atoms with Crippen LogP contribution in [0.5, 0.6) is 0 Å². The first-order chi connectivity index (χ1) is 7.72. The van der Waals surface area contributed by atoms with Gasteiger partial charge in [0.25, 0.3) is 0 Å². The number of nitrogens with two attached hydrogens (primary N) is 1. The zero-order valence-electron chi connectivity index (χ0n) is 9.81. The van der Waals surface area contributed by atoms with Crippen LogP contribution in [0.4, 0.5) is 11.6 Å². The molecular weight excluding hydrogens is 206 g/mol. The molecule has 16 heavy (non-hydrogen) atoms. The largest absolute Gasteiger partial charge is 0.384 e. The number of ether oxygens (including phenoxy) is 1. The standard InChI is InChI=1S/C10H19N5O/c1-15(5-6-16-2)4-3-12-10-7-9(11)13-8-14-10/h7-8H,3-6H2,1-2H3,(H3,11,12,13,14). The monoisotopic (exact) mass is 225 g/mol. The summed E-state index contributed by atoms with van der Waals surface area (Å²) >= 11 is 0. The SMILES string of the molecule is COCCN(C)CCNc1cc(N)ncn1. The molecule has 90 valence electrons. The molecule has 0 aliphatic heterocycles. The molecule has 0 aliphatic rings. The Morgan fingerprint density at radius 3 is 2.94 bits per heavy atom. The van der Waals surface area contributed by atoms with Crippen LogP contribution in [0, 0.1) is 0 Å². The summed E-state index contributed by atoms with van der Waals surface area (Å²) in [6.45, 7) is 3.41. The lowest BCUT2D eigenvalue weighted by molar-refractivity contribution is 0.163. The van der Waals surface area contributed by atoms with E-state index in [4.69, 9.17) is 10.5 Å². The molecule has 6 nitrogen and oxygen atoms in total. The van der Waals surface area contributed by atoms with E-state index in [0.29, 0.717) is 5.82 Å². The van der Waals surface area contributed by atoms with Gasteiger partial charge in [-0.05, 0) is 7.05 Å². The van der Waals surface area contributed by atoms with Gasteiger partial charge in [0.1, 0.15) is 18.0 Å². The van der Waals surface area contributed by atoms with Crippen molar-refractivity contribution in [2.75, 3.05) is 51.4 Å². The third-order valence-electron chi connectivity index (χ3n) is 2.17. The van der Waals surface area contributed by atoms with Crippen LogP contribution in [0.25, 0.3) is 0 Å². The lowest BCUT2D eigenvalue weighted by Gasteiger charge is -2.16. The van der Waals surface area contributed by atoms with Gasteiger partial charge in [-0.25, -0.2) is 9.97 Å². The van der Waals surface area contributed by atoms with Crippen molar-refractivity contribution in [1.29, 1.82) is 0 Å². The first-order valence-corrected chi connectivity index (χ1v) is 5.21. The second kappa shape index (κ2) is 6.97. The number of methoxy groups -OCH3 is 1. The summed E-state index contributed by atoms with van der Waals surface area (Å²) in [5, 5.41) is 3.18. The molecule has 1 heterocycles. The maximum Gasteiger partial charge on any atom is 0.131 e. The number of rotatable bonds is 7. The van der Waals surface area contributed by atoms with E-state index in [1.165, 1.54) is 6.33 Å². The zero-order valence-corrected chi connectivity index (χ0v) is 9.81. The predicted octanol–water partition coefficient (Wildman–Crippen LogP) is 0.0489. The third kappa shape index (κ3) is 4.90. The lowest BCUT2D eigenvalue weighted by atomic mass is 10.5. The molecule has 1 aromatic heterocycles. The van der Waals surface area contributed by atoms with Crippen molar-refractivity contribution < 1.29 is 4.74 Å². The van der Waals surface area contributed by atoms with Gasteiger partial charge in [-0.2, -0.15) is 0 Å². The van der Waals surface area contributed by atoms with Crippen LogP contribution < -0.4 is 11.1 Å². The number of aromatic nitrogens is 2. The Bertz CT molecular complexity index is 307. The minimum Gasteiger partial charge on any atom is -0.384 e. The Morgan fingerprint density at radius 1 is 1.44 bits per heavy atom. The van der Waals surface area contributed by atoms with Crippen LogP contribution in [-0.2, 0) is 4.74 Å². The van der Waals surface area contributed by atoms with E-state index in [1.54, 1.807) is 13.2 Å². The first kappa shape index (κ1) is 12.7. The molecule has 3 N–H and O–H groups in total. The molecule has 0 radical (unpaired) electrons. The Balaban J connectivity index is 2.20. The number of hydrogen-bond donors (Lipinski definition) is 2. The molecule has 0 amide bonds.